The number of carboxylic acids is 1. The van der Waals surface area contributed by atoms with E-state index in [4.69, 9.17) is 5.11 Å². The van der Waals surface area contributed by atoms with Gasteiger partial charge in [0.1, 0.15) is 6.04 Å². The lowest BCUT2D eigenvalue weighted by atomic mass is 9.79. The third-order valence-electron chi connectivity index (χ3n) is 4.00. The Kier molecular flexibility index (Phi) is 4.07. The summed E-state index contributed by atoms with van der Waals surface area (Å²) in [6.45, 7) is 0. The van der Waals surface area contributed by atoms with E-state index < -0.39 is 17.6 Å². The van der Waals surface area contributed by atoms with Crippen molar-refractivity contribution in [2.24, 2.45) is 0 Å². The van der Waals surface area contributed by atoms with E-state index in [1.807, 2.05) is 0 Å². The Bertz CT molecular complexity index is 388. The first-order valence-electron chi connectivity index (χ1n) is 6.84. The highest BCUT2D eigenvalue weighted by atomic mass is 16.4. The van der Waals surface area contributed by atoms with Crippen molar-refractivity contribution in [1.29, 1.82) is 0 Å². The van der Waals surface area contributed by atoms with Crippen LogP contribution in [0.4, 0.5) is 0 Å². The van der Waals surface area contributed by atoms with Crippen LogP contribution in [0.15, 0.2) is 0 Å². The van der Waals surface area contributed by atoms with E-state index in [-0.39, 0.29) is 18.2 Å². The average molecular weight is 268 g/mol. The van der Waals surface area contributed by atoms with Crippen molar-refractivity contribution < 1.29 is 19.5 Å². The summed E-state index contributed by atoms with van der Waals surface area (Å²) in [5, 5.41) is 14.5. The minimum Gasteiger partial charge on any atom is -0.481 e. The third kappa shape index (κ3) is 3.45. The number of carbonyl (C=O) groups is 3. The molecule has 0 aromatic heterocycles. The van der Waals surface area contributed by atoms with Gasteiger partial charge in [0, 0.05) is 6.42 Å². The molecule has 0 spiro atoms. The number of carbonyl (C=O) groups excluding carboxylic acids is 2. The van der Waals surface area contributed by atoms with Crippen molar-refractivity contribution in [3.63, 3.8) is 0 Å². The summed E-state index contributed by atoms with van der Waals surface area (Å²) < 4.78 is 0. The fraction of sp³-hybridized carbons (Fsp3) is 0.769. The number of nitrogens with one attached hydrogen (secondary N) is 2. The molecular formula is C13H20N2O4. The zero-order valence-electron chi connectivity index (χ0n) is 10.9. The molecule has 6 nitrogen and oxygen atoms in total. The van der Waals surface area contributed by atoms with Gasteiger partial charge in [-0.3, -0.25) is 14.4 Å². The molecule has 2 amide bonds. The zero-order chi connectivity index (χ0) is 13.9. The number of hydrogen-bond donors (Lipinski definition) is 3. The molecule has 0 aromatic rings. The van der Waals surface area contributed by atoms with Crippen LogP contribution < -0.4 is 10.6 Å². The predicted molar refractivity (Wildman–Crippen MR) is 67.4 cm³/mol. The van der Waals surface area contributed by atoms with Crippen LogP contribution in [0.3, 0.4) is 0 Å². The fourth-order valence-electron chi connectivity index (χ4n) is 3.02. The normalized spacial score (nSPS) is 25.7. The van der Waals surface area contributed by atoms with E-state index in [2.05, 4.69) is 10.6 Å². The predicted octanol–water partition coefficient (Wildman–Crippen LogP) is 0.559. The second-order valence-corrected chi connectivity index (χ2v) is 5.56. The van der Waals surface area contributed by atoms with Crippen LogP contribution in [-0.4, -0.2) is 34.5 Å². The lowest BCUT2D eigenvalue weighted by Crippen LogP contribution is -2.55. The van der Waals surface area contributed by atoms with Crippen molar-refractivity contribution in [2.45, 2.75) is 62.9 Å². The second kappa shape index (κ2) is 5.59. The molecule has 1 saturated carbocycles. The lowest BCUT2D eigenvalue weighted by molar-refractivity contribution is -0.140. The van der Waals surface area contributed by atoms with Gasteiger partial charge in [-0.15, -0.1) is 0 Å². The number of hydrogen-bond acceptors (Lipinski definition) is 3. The summed E-state index contributed by atoms with van der Waals surface area (Å²) in [6, 6.07) is -0.500. The number of aliphatic carboxylic acids is 1. The first-order valence-corrected chi connectivity index (χ1v) is 6.84. The van der Waals surface area contributed by atoms with E-state index in [0.717, 1.165) is 19.3 Å². The van der Waals surface area contributed by atoms with Gasteiger partial charge in [0.05, 0.1) is 12.0 Å². The van der Waals surface area contributed by atoms with Crippen LogP contribution in [0, 0.1) is 0 Å². The molecular weight excluding hydrogens is 248 g/mol. The van der Waals surface area contributed by atoms with Gasteiger partial charge in [-0.2, -0.15) is 0 Å². The van der Waals surface area contributed by atoms with Gasteiger partial charge in [0.25, 0.3) is 0 Å². The molecule has 1 atom stereocenters. The molecule has 106 valence electrons. The van der Waals surface area contributed by atoms with E-state index in [1.54, 1.807) is 0 Å². The second-order valence-electron chi connectivity index (χ2n) is 5.56. The quantitative estimate of drug-likeness (QED) is 0.694. The Labute approximate surface area is 111 Å². The maximum atomic E-state index is 12.1. The summed E-state index contributed by atoms with van der Waals surface area (Å²) in [5.41, 5.74) is -0.630. The molecule has 3 N–H and O–H groups in total. The molecule has 6 heteroatoms. The van der Waals surface area contributed by atoms with E-state index >= 15 is 0 Å². The minimum absolute atomic E-state index is 0.0423. The third-order valence-corrected chi connectivity index (χ3v) is 4.00. The monoisotopic (exact) mass is 268 g/mol. The standard InChI is InChI=1S/C13H20N2O4/c16-10-5-4-9(14-10)12(19)15-13(8-11(17)18)6-2-1-3-7-13/h9H,1-8H2,(H,14,16)(H,15,19)(H,17,18)/t9-/m1/s1. The number of carboxylic acid groups (broad SMARTS) is 1. The first-order chi connectivity index (χ1) is 9.01. The maximum Gasteiger partial charge on any atom is 0.305 e. The Morgan fingerprint density at radius 2 is 2.00 bits per heavy atom. The number of rotatable bonds is 4. The molecule has 0 unspecified atom stereocenters. The molecule has 2 rings (SSSR count). The SMILES string of the molecule is O=C(O)CC1(NC(=O)[C@H]2CCC(=O)N2)CCCCC1. The van der Waals surface area contributed by atoms with Crippen LogP contribution in [0.5, 0.6) is 0 Å². The highest BCUT2D eigenvalue weighted by Gasteiger charge is 2.38. The van der Waals surface area contributed by atoms with Gasteiger partial charge in [-0.05, 0) is 19.3 Å². The van der Waals surface area contributed by atoms with Gasteiger partial charge in [-0.25, -0.2) is 0 Å². The summed E-state index contributed by atoms with van der Waals surface area (Å²) in [7, 11) is 0. The van der Waals surface area contributed by atoms with E-state index in [0.29, 0.717) is 25.7 Å². The minimum atomic E-state index is -0.891. The van der Waals surface area contributed by atoms with E-state index in [1.165, 1.54) is 0 Å². The van der Waals surface area contributed by atoms with Gasteiger partial charge < -0.3 is 15.7 Å². The van der Waals surface area contributed by atoms with Gasteiger partial charge in [0.15, 0.2) is 0 Å². The van der Waals surface area contributed by atoms with Crippen LogP contribution in [0.2, 0.25) is 0 Å². The molecule has 2 fully saturated rings. The summed E-state index contributed by atoms with van der Waals surface area (Å²) >= 11 is 0. The smallest absolute Gasteiger partial charge is 0.305 e. The molecule has 19 heavy (non-hydrogen) atoms. The Hall–Kier alpha value is -1.59. The molecule has 0 aromatic carbocycles. The Morgan fingerprint density at radius 1 is 1.32 bits per heavy atom. The molecule has 0 bridgehead atoms. The van der Waals surface area contributed by atoms with Crippen molar-refractivity contribution >= 4 is 17.8 Å². The Morgan fingerprint density at radius 3 is 2.53 bits per heavy atom. The molecule has 1 aliphatic heterocycles. The molecule has 1 aliphatic carbocycles. The van der Waals surface area contributed by atoms with E-state index in [9.17, 15) is 14.4 Å². The summed E-state index contributed by atoms with van der Waals surface area (Å²) in [4.78, 5) is 34.3. The van der Waals surface area contributed by atoms with Crippen molar-refractivity contribution in [2.75, 3.05) is 0 Å². The largest absolute Gasteiger partial charge is 0.481 e. The average Bonchev–Trinajstić information content (AvgIpc) is 2.76. The fourth-order valence-corrected chi connectivity index (χ4v) is 3.02. The zero-order valence-corrected chi connectivity index (χ0v) is 10.9. The van der Waals surface area contributed by atoms with Crippen LogP contribution in [0.25, 0.3) is 0 Å². The Balaban J connectivity index is 2.00. The lowest BCUT2D eigenvalue weighted by Gasteiger charge is -2.37. The highest BCUT2D eigenvalue weighted by Crippen LogP contribution is 2.31. The molecule has 0 radical (unpaired) electrons. The van der Waals surface area contributed by atoms with Crippen molar-refractivity contribution in [3.8, 4) is 0 Å². The van der Waals surface area contributed by atoms with Crippen LogP contribution >= 0.6 is 0 Å². The molecule has 1 saturated heterocycles. The van der Waals surface area contributed by atoms with Gasteiger partial charge in [-0.1, -0.05) is 19.3 Å². The van der Waals surface area contributed by atoms with Crippen molar-refractivity contribution in [1.82, 2.24) is 10.6 Å². The first kappa shape index (κ1) is 13.8. The van der Waals surface area contributed by atoms with Crippen LogP contribution in [-0.2, 0) is 14.4 Å². The van der Waals surface area contributed by atoms with Crippen LogP contribution in [0.1, 0.15) is 51.4 Å². The van der Waals surface area contributed by atoms with Crippen molar-refractivity contribution in [3.05, 3.63) is 0 Å². The highest BCUT2D eigenvalue weighted by molar-refractivity contribution is 5.91. The number of amides is 2. The summed E-state index contributed by atoms with van der Waals surface area (Å²) in [6.07, 6.45) is 5.17. The summed E-state index contributed by atoms with van der Waals surface area (Å²) in [5.74, 6) is -1.25. The maximum absolute atomic E-state index is 12.1. The molecule has 2 aliphatic rings. The molecule has 1 heterocycles. The van der Waals surface area contributed by atoms with Gasteiger partial charge >= 0.3 is 5.97 Å². The van der Waals surface area contributed by atoms with Gasteiger partial charge in [0.2, 0.25) is 11.8 Å². The topological polar surface area (TPSA) is 95.5 Å².